The lowest BCUT2D eigenvalue weighted by molar-refractivity contribution is -0.0585. The number of aromatic nitrogens is 1. The van der Waals surface area contributed by atoms with Gasteiger partial charge in [-0.15, -0.1) is 0 Å². The number of hydrogen-bond donors (Lipinski definition) is 1. The highest BCUT2D eigenvalue weighted by molar-refractivity contribution is 6.21. The van der Waals surface area contributed by atoms with Gasteiger partial charge in [0.25, 0.3) is 11.8 Å². The second-order valence-corrected chi connectivity index (χ2v) is 5.29. The predicted molar refractivity (Wildman–Crippen MR) is 77.2 cm³/mol. The van der Waals surface area contributed by atoms with Crippen LogP contribution in [-0.2, 0) is 4.84 Å². The van der Waals surface area contributed by atoms with Gasteiger partial charge in [-0.05, 0) is 24.1 Å². The number of benzene rings is 1. The highest BCUT2D eigenvalue weighted by Gasteiger charge is 2.39. The Morgan fingerprint density at radius 2 is 1.68 bits per heavy atom. The van der Waals surface area contributed by atoms with Crippen LogP contribution in [0.2, 0.25) is 0 Å². The van der Waals surface area contributed by atoms with E-state index in [0.717, 1.165) is 0 Å². The fourth-order valence-corrected chi connectivity index (χ4v) is 2.42. The van der Waals surface area contributed by atoms with Crippen molar-refractivity contribution in [3.05, 3.63) is 58.9 Å². The molecule has 2 aromatic rings. The molecule has 0 bridgehead atoms. The van der Waals surface area contributed by atoms with Crippen LogP contribution < -0.4 is 0 Å². The molecule has 6 nitrogen and oxygen atoms in total. The van der Waals surface area contributed by atoms with Crippen molar-refractivity contribution >= 4 is 17.8 Å². The molecule has 1 aromatic carbocycles. The number of hydroxylamine groups is 2. The van der Waals surface area contributed by atoms with Gasteiger partial charge in [-0.2, -0.15) is 0 Å². The van der Waals surface area contributed by atoms with E-state index in [4.69, 9.17) is 4.84 Å². The average molecular weight is 298 g/mol. The monoisotopic (exact) mass is 298 g/mol. The zero-order chi connectivity index (χ0) is 15.9. The van der Waals surface area contributed by atoms with Gasteiger partial charge in [0.1, 0.15) is 0 Å². The number of carbonyl (C=O) groups is 3. The lowest BCUT2D eigenvalue weighted by atomic mass is 10.1. The van der Waals surface area contributed by atoms with Crippen LogP contribution in [-0.4, -0.2) is 27.8 Å². The number of hydrogen-bond acceptors (Lipinski definition) is 4. The van der Waals surface area contributed by atoms with Gasteiger partial charge in [-0.3, -0.25) is 9.59 Å². The van der Waals surface area contributed by atoms with Crippen molar-refractivity contribution in [2.24, 2.45) is 0 Å². The summed E-state index contributed by atoms with van der Waals surface area (Å²) in [6.07, 6.45) is 1.62. The van der Waals surface area contributed by atoms with Crippen LogP contribution in [0.25, 0.3) is 0 Å². The largest absolute Gasteiger partial charge is 0.365 e. The third-order valence-electron chi connectivity index (χ3n) is 3.51. The molecule has 112 valence electrons. The number of nitrogens with one attached hydrogen (secondary N) is 1. The lowest BCUT2D eigenvalue weighted by Crippen LogP contribution is -2.32. The number of imide groups is 1. The Kier molecular flexibility index (Phi) is 3.29. The van der Waals surface area contributed by atoms with Crippen molar-refractivity contribution in [2.75, 3.05) is 0 Å². The quantitative estimate of drug-likeness (QED) is 0.883. The zero-order valence-corrected chi connectivity index (χ0v) is 12.1. The van der Waals surface area contributed by atoms with Crippen molar-refractivity contribution in [3.63, 3.8) is 0 Å². The first-order valence-corrected chi connectivity index (χ1v) is 6.88. The first-order valence-electron chi connectivity index (χ1n) is 6.88. The van der Waals surface area contributed by atoms with E-state index in [2.05, 4.69) is 4.98 Å². The summed E-state index contributed by atoms with van der Waals surface area (Å²) in [4.78, 5) is 44.5. The minimum absolute atomic E-state index is 0.0831. The third kappa shape index (κ3) is 2.09. The van der Waals surface area contributed by atoms with E-state index in [-0.39, 0.29) is 17.0 Å². The molecule has 2 amide bonds. The maximum Gasteiger partial charge on any atom is 0.365 e. The van der Waals surface area contributed by atoms with Crippen LogP contribution in [0, 0.1) is 0 Å². The molecule has 0 radical (unpaired) electrons. The second-order valence-electron chi connectivity index (χ2n) is 5.29. The molecule has 0 fully saturated rings. The summed E-state index contributed by atoms with van der Waals surface area (Å²) in [7, 11) is 0. The van der Waals surface area contributed by atoms with Gasteiger partial charge >= 0.3 is 5.97 Å². The first kappa shape index (κ1) is 14.1. The minimum atomic E-state index is -0.737. The number of fused-ring (bicyclic) bond motifs is 1. The maximum absolute atomic E-state index is 12.2. The van der Waals surface area contributed by atoms with E-state index in [1.54, 1.807) is 24.4 Å². The molecular formula is C16H14N2O4. The Balaban J connectivity index is 1.86. The maximum atomic E-state index is 12.2. The zero-order valence-electron chi connectivity index (χ0n) is 12.1. The average Bonchev–Trinajstić information content (AvgIpc) is 3.08. The Labute approximate surface area is 126 Å². The molecule has 0 spiro atoms. The van der Waals surface area contributed by atoms with Crippen LogP contribution in [0.4, 0.5) is 0 Å². The molecule has 1 aromatic heterocycles. The summed E-state index contributed by atoms with van der Waals surface area (Å²) in [5.74, 6) is -1.91. The van der Waals surface area contributed by atoms with Gasteiger partial charge in [-0.25, -0.2) is 4.79 Å². The molecule has 0 unspecified atom stereocenters. The normalized spacial score (nSPS) is 13.7. The van der Waals surface area contributed by atoms with Crippen molar-refractivity contribution in [2.45, 2.75) is 19.8 Å². The number of rotatable bonds is 3. The molecule has 0 saturated carbocycles. The Hall–Kier alpha value is -2.89. The van der Waals surface area contributed by atoms with Crippen LogP contribution in [0.1, 0.15) is 56.5 Å². The summed E-state index contributed by atoms with van der Waals surface area (Å²) in [5.41, 5.74) is 1.48. The van der Waals surface area contributed by atoms with E-state index >= 15 is 0 Å². The van der Waals surface area contributed by atoms with E-state index in [9.17, 15) is 14.4 Å². The Bertz CT molecular complexity index is 741. The number of nitrogens with zero attached hydrogens (tertiary/aromatic N) is 1. The molecular weight excluding hydrogens is 284 g/mol. The van der Waals surface area contributed by atoms with E-state index in [1.807, 2.05) is 13.8 Å². The fraction of sp³-hybridized carbons (Fsp3) is 0.188. The Morgan fingerprint density at radius 1 is 1.09 bits per heavy atom. The minimum Gasteiger partial charge on any atom is -0.364 e. The highest BCUT2D eigenvalue weighted by Crippen LogP contribution is 2.24. The van der Waals surface area contributed by atoms with Gasteiger partial charge in [0.05, 0.1) is 16.7 Å². The number of carbonyl (C=O) groups excluding carboxylic acids is 3. The van der Waals surface area contributed by atoms with E-state index in [1.165, 1.54) is 12.1 Å². The van der Waals surface area contributed by atoms with Crippen LogP contribution in [0.5, 0.6) is 0 Å². The number of amides is 2. The van der Waals surface area contributed by atoms with Crippen molar-refractivity contribution in [1.29, 1.82) is 0 Å². The smallest absolute Gasteiger partial charge is 0.364 e. The molecule has 1 N–H and O–H groups in total. The Morgan fingerprint density at radius 3 is 2.23 bits per heavy atom. The number of H-pyrrole nitrogens is 1. The van der Waals surface area contributed by atoms with Crippen molar-refractivity contribution in [3.8, 4) is 0 Å². The highest BCUT2D eigenvalue weighted by atomic mass is 16.7. The van der Waals surface area contributed by atoms with Gasteiger partial charge in [0, 0.05) is 11.9 Å². The second kappa shape index (κ2) is 5.14. The van der Waals surface area contributed by atoms with Gasteiger partial charge in [0.15, 0.2) is 0 Å². The van der Waals surface area contributed by atoms with Crippen LogP contribution in [0.3, 0.4) is 0 Å². The van der Waals surface area contributed by atoms with E-state index < -0.39 is 17.8 Å². The molecule has 0 atom stereocenters. The van der Waals surface area contributed by atoms with Crippen molar-refractivity contribution in [1.82, 2.24) is 10.0 Å². The standard InChI is InChI=1S/C16H14N2O4/c1-9(2)13-12(7-8-17-13)16(21)22-18-14(19)10-5-3-4-6-11(10)15(18)20/h3-9,17H,1-2H3. The summed E-state index contributed by atoms with van der Waals surface area (Å²) in [6, 6.07) is 7.92. The van der Waals surface area contributed by atoms with Crippen LogP contribution >= 0.6 is 0 Å². The summed E-state index contributed by atoms with van der Waals surface area (Å²) >= 11 is 0. The molecule has 6 heteroatoms. The third-order valence-corrected chi connectivity index (χ3v) is 3.51. The fourth-order valence-electron chi connectivity index (χ4n) is 2.42. The summed E-state index contributed by atoms with van der Waals surface area (Å²) in [5, 5.41) is 0.518. The summed E-state index contributed by atoms with van der Waals surface area (Å²) in [6.45, 7) is 3.84. The molecule has 1 aliphatic heterocycles. The molecule has 2 heterocycles. The van der Waals surface area contributed by atoms with E-state index in [0.29, 0.717) is 16.3 Å². The molecule has 3 rings (SSSR count). The molecule has 22 heavy (non-hydrogen) atoms. The molecule has 0 saturated heterocycles. The van der Waals surface area contributed by atoms with Gasteiger partial charge < -0.3 is 9.82 Å². The SMILES string of the molecule is CC(C)c1[nH]ccc1C(=O)ON1C(=O)c2ccccc2C1=O. The first-order chi connectivity index (χ1) is 10.5. The van der Waals surface area contributed by atoms with Gasteiger partial charge in [-0.1, -0.05) is 31.0 Å². The lowest BCUT2D eigenvalue weighted by Gasteiger charge is -2.13. The molecule has 1 aliphatic rings. The van der Waals surface area contributed by atoms with Crippen molar-refractivity contribution < 1.29 is 19.2 Å². The predicted octanol–water partition coefficient (Wildman–Crippen LogP) is 2.51. The van der Waals surface area contributed by atoms with Crippen LogP contribution in [0.15, 0.2) is 36.5 Å². The topological polar surface area (TPSA) is 79.5 Å². The molecule has 0 aliphatic carbocycles. The number of aromatic amines is 1. The van der Waals surface area contributed by atoms with Gasteiger partial charge in [0.2, 0.25) is 0 Å². The summed E-state index contributed by atoms with van der Waals surface area (Å²) < 4.78 is 0.